The number of fused-ring (bicyclic) bond motifs is 1. The van der Waals surface area contributed by atoms with Crippen LogP contribution >= 0.6 is 15.9 Å². The fraction of sp³-hybridized carbons (Fsp3) is 0.483. The highest BCUT2D eigenvalue weighted by molar-refractivity contribution is 9.10. The third-order valence-electron chi connectivity index (χ3n) is 8.07. The summed E-state index contributed by atoms with van der Waals surface area (Å²) in [6.45, 7) is 5.16. The number of piperidine rings is 1. The van der Waals surface area contributed by atoms with Crippen molar-refractivity contribution in [2.75, 3.05) is 70.6 Å². The maximum Gasteiger partial charge on any atom is 0.322 e. The van der Waals surface area contributed by atoms with Crippen LogP contribution in [0.2, 0.25) is 0 Å². The minimum absolute atomic E-state index is 0.0434. The summed E-state index contributed by atoms with van der Waals surface area (Å²) in [5.74, 6) is 0.303. The summed E-state index contributed by atoms with van der Waals surface area (Å²) in [4.78, 5) is 44.8. The van der Waals surface area contributed by atoms with Crippen LogP contribution in [0.4, 0.5) is 16.2 Å². The number of nitrogens with two attached hydrogens (primary N) is 1. The van der Waals surface area contributed by atoms with Gasteiger partial charge in [-0.2, -0.15) is 0 Å². The van der Waals surface area contributed by atoms with Gasteiger partial charge in [0.25, 0.3) is 5.91 Å². The average molecular weight is 630 g/mol. The lowest BCUT2D eigenvalue weighted by molar-refractivity contribution is -0.131. The number of nitrogens with zero attached hydrogens (tertiary/aromatic N) is 3. The number of nitrogen functional groups attached to an aromatic ring is 1. The van der Waals surface area contributed by atoms with E-state index in [1.807, 2.05) is 23.1 Å². The number of hydrogen-bond acceptors (Lipinski definition) is 7. The zero-order chi connectivity index (χ0) is 28.9. The molecule has 0 unspecified atom stereocenters. The van der Waals surface area contributed by atoms with Crippen molar-refractivity contribution < 1.29 is 23.9 Å². The minimum atomic E-state index is -0.324. The van der Waals surface area contributed by atoms with Crippen molar-refractivity contribution in [3.8, 4) is 5.75 Å². The van der Waals surface area contributed by atoms with E-state index >= 15 is 0 Å². The molecule has 41 heavy (non-hydrogen) atoms. The van der Waals surface area contributed by atoms with Crippen LogP contribution in [0.25, 0.3) is 0 Å². The molecule has 3 aliphatic rings. The minimum Gasteiger partial charge on any atom is -0.497 e. The van der Waals surface area contributed by atoms with E-state index in [2.05, 4.69) is 31.5 Å². The first-order valence-corrected chi connectivity index (χ1v) is 14.8. The number of benzene rings is 2. The quantitative estimate of drug-likeness (QED) is 0.402. The molecule has 5 rings (SSSR count). The van der Waals surface area contributed by atoms with Crippen LogP contribution in [-0.4, -0.2) is 98.2 Å². The Kier molecular flexibility index (Phi) is 9.31. The van der Waals surface area contributed by atoms with Gasteiger partial charge in [-0.25, -0.2) is 4.79 Å². The number of carbonyl (C=O) groups is 3. The molecule has 3 heterocycles. The molecule has 3 aliphatic heterocycles. The summed E-state index contributed by atoms with van der Waals surface area (Å²) in [6, 6.07) is 9.08. The van der Waals surface area contributed by atoms with Crippen molar-refractivity contribution in [3.63, 3.8) is 0 Å². The van der Waals surface area contributed by atoms with Crippen molar-refractivity contribution in [3.05, 3.63) is 51.5 Å². The monoisotopic (exact) mass is 628 g/mol. The molecule has 4 N–H and O–H groups in total. The molecule has 4 amide bonds. The lowest BCUT2D eigenvalue weighted by Crippen LogP contribution is -2.51. The molecule has 2 aromatic rings. The second-order valence-corrected chi connectivity index (χ2v) is 11.5. The maximum absolute atomic E-state index is 13.0. The SMILES string of the molecule is COc1ccc2c(c1)CCN(C1CCN(C(=O)CNC(=O)c3cc(Br)c(N)c(CN4CCOCC4)c3)CC1)C(=O)N2. The number of methoxy groups -OCH3 is 1. The molecule has 0 spiro atoms. The Morgan fingerprint density at radius 1 is 1.12 bits per heavy atom. The highest BCUT2D eigenvalue weighted by Gasteiger charge is 2.31. The topological polar surface area (TPSA) is 129 Å². The number of likely N-dealkylation sites (tertiary alicyclic amines) is 1. The van der Waals surface area contributed by atoms with Crippen LogP contribution < -0.4 is 21.1 Å². The summed E-state index contributed by atoms with van der Waals surface area (Å²) in [7, 11) is 1.63. The van der Waals surface area contributed by atoms with Crippen LogP contribution in [0, 0.1) is 0 Å². The summed E-state index contributed by atoms with van der Waals surface area (Å²) in [5, 5.41) is 5.79. The molecule has 2 saturated heterocycles. The van der Waals surface area contributed by atoms with Crippen LogP contribution in [0.15, 0.2) is 34.8 Å². The number of nitrogens with one attached hydrogen (secondary N) is 2. The predicted octanol–water partition coefficient (Wildman–Crippen LogP) is 2.68. The summed E-state index contributed by atoms with van der Waals surface area (Å²) in [5.41, 5.74) is 10.0. The van der Waals surface area contributed by atoms with Gasteiger partial charge in [0.1, 0.15) is 5.75 Å². The van der Waals surface area contributed by atoms with Crippen molar-refractivity contribution >= 4 is 45.2 Å². The van der Waals surface area contributed by atoms with E-state index in [1.165, 1.54) is 0 Å². The zero-order valence-electron chi connectivity index (χ0n) is 23.3. The van der Waals surface area contributed by atoms with Gasteiger partial charge in [-0.05, 0) is 76.7 Å². The van der Waals surface area contributed by atoms with Gasteiger partial charge >= 0.3 is 6.03 Å². The summed E-state index contributed by atoms with van der Waals surface area (Å²) < 4.78 is 11.4. The number of urea groups is 1. The molecule has 0 aliphatic carbocycles. The maximum atomic E-state index is 13.0. The summed E-state index contributed by atoms with van der Waals surface area (Å²) in [6.07, 6.45) is 2.09. The van der Waals surface area contributed by atoms with E-state index < -0.39 is 0 Å². The third-order valence-corrected chi connectivity index (χ3v) is 8.73. The lowest BCUT2D eigenvalue weighted by Gasteiger charge is -2.38. The Morgan fingerprint density at radius 2 is 1.88 bits per heavy atom. The van der Waals surface area contributed by atoms with E-state index in [0.29, 0.717) is 68.0 Å². The molecule has 0 saturated carbocycles. The Morgan fingerprint density at radius 3 is 2.61 bits per heavy atom. The largest absolute Gasteiger partial charge is 0.497 e. The number of morpholine rings is 1. The normalized spacial score (nSPS) is 18.3. The van der Waals surface area contributed by atoms with Gasteiger partial charge in [0, 0.05) is 61.0 Å². The zero-order valence-corrected chi connectivity index (χ0v) is 24.9. The number of ether oxygens (including phenoxy) is 2. The van der Waals surface area contributed by atoms with Crippen molar-refractivity contribution in [1.29, 1.82) is 0 Å². The fourth-order valence-electron chi connectivity index (χ4n) is 5.64. The first kappa shape index (κ1) is 29.2. The molecule has 0 radical (unpaired) electrons. The van der Waals surface area contributed by atoms with E-state index in [-0.39, 0.29) is 30.4 Å². The number of carbonyl (C=O) groups excluding carboxylic acids is 3. The van der Waals surface area contributed by atoms with Gasteiger partial charge in [-0.1, -0.05) is 0 Å². The molecule has 12 heteroatoms. The van der Waals surface area contributed by atoms with Crippen LogP contribution in [0.1, 0.15) is 34.3 Å². The van der Waals surface area contributed by atoms with E-state index in [4.69, 9.17) is 15.2 Å². The van der Waals surface area contributed by atoms with Gasteiger partial charge in [0.2, 0.25) is 5.91 Å². The molecular weight excluding hydrogens is 592 g/mol. The van der Waals surface area contributed by atoms with Crippen LogP contribution in [-0.2, 0) is 22.5 Å². The first-order chi connectivity index (χ1) is 19.8. The van der Waals surface area contributed by atoms with Crippen LogP contribution in [0.5, 0.6) is 5.75 Å². The number of rotatable bonds is 7. The highest BCUT2D eigenvalue weighted by Crippen LogP contribution is 2.29. The molecular formula is C29H37BrN6O5. The second-order valence-electron chi connectivity index (χ2n) is 10.6. The van der Waals surface area contributed by atoms with Crippen LogP contribution in [0.3, 0.4) is 0 Å². The van der Waals surface area contributed by atoms with E-state index in [0.717, 1.165) is 42.1 Å². The fourth-order valence-corrected chi connectivity index (χ4v) is 6.14. The smallest absolute Gasteiger partial charge is 0.322 e. The van der Waals surface area contributed by atoms with Gasteiger partial charge < -0.3 is 35.6 Å². The molecule has 0 aromatic heterocycles. The second kappa shape index (κ2) is 13.1. The van der Waals surface area contributed by atoms with Gasteiger partial charge in [-0.3, -0.25) is 14.5 Å². The Balaban J connectivity index is 1.12. The van der Waals surface area contributed by atoms with Gasteiger partial charge in [0.05, 0.1) is 32.6 Å². The highest BCUT2D eigenvalue weighted by atomic mass is 79.9. The van der Waals surface area contributed by atoms with Gasteiger partial charge in [-0.15, -0.1) is 0 Å². The third kappa shape index (κ3) is 6.94. The van der Waals surface area contributed by atoms with Crippen molar-refractivity contribution in [1.82, 2.24) is 20.0 Å². The standard InChI is InChI=1S/C29H37BrN6O5/c1-40-23-2-3-25-19(15-23)4-9-36(29(39)33-25)22-5-7-35(8-6-22)26(37)17-32-28(38)20-14-21(27(31)24(30)16-20)18-34-10-12-41-13-11-34/h2-3,14-16,22H,4-13,17-18,31H2,1H3,(H,32,38)(H,33,39). The van der Waals surface area contributed by atoms with Gasteiger partial charge in [0.15, 0.2) is 0 Å². The average Bonchev–Trinajstić information content (AvgIpc) is 3.16. The number of halogens is 1. The molecule has 220 valence electrons. The Labute approximate surface area is 248 Å². The number of amides is 4. The number of anilines is 2. The Bertz CT molecular complexity index is 1290. The molecule has 2 aromatic carbocycles. The number of hydrogen-bond donors (Lipinski definition) is 3. The Hall–Kier alpha value is -3.35. The predicted molar refractivity (Wildman–Crippen MR) is 159 cm³/mol. The van der Waals surface area contributed by atoms with E-state index in [9.17, 15) is 14.4 Å². The van der Waals surface area contributed by atoms with E-state index in [1.54, 1.807) is 24.1 Å². The molecule has 0 atom stereocenters. The van der Waals surface area contributed by atoms with Crippen molar-refractivity contribution in [2.24, 2.45) is 0 Å². The molecule has 11 nitrogen and oxygen atoms in total. The summed E-state index contributed by atoms with van der Waals surface area (Å²) >= 11 is 3.47. The molecule has 0 bridgehead atoms. The lowest BCUT2D eigenvalue weighted by atomic mass is 10.0. The van der Waals surface area contributed by atoms with Crippen molar-refractivity contribution in [2.45, 2.75) is 31.8 Å². The molecule has 2 fully saturated rings. The first-order valence-electron chi connectivity index (χ1n) is 14.0.